The molecule has 0 spiro atoms. The zero-order chi connectivity index (χ0) is 23.3. The second-order valence-corrected chi connectivity index (χ2v) is 7.87. The van der Waals surface area contributed by atoms with Gasteiger partial charge in [-0.3, -0.25) is 4.79 Å². The Balaban J connectivity index is 2.11. The van der Waals surface area contributed by atoms with Gasteiger partial charge in [-0.1, -0.05) is 62.4 Å². The minimum absolute atomic E-state index is 0.000482. The van der Waals surface area contributed by atoms with Gasteiger partial charge in [0.15, 0.2) is 0 Å². The van der Waals surface area contributed by atoms with Crippen molar-refractivity contribution >= 4 is 11.9 Å². The second kappa shape index (κ2) is 13.3. The number of nitrogens with one attached hydrogen (secondary N) is 1. The average Bonchev–Trinajstić information content (AvgIpc) is 2.76. The molecule has 1 unspecified atom stereocenters. The van der Waals surface area contributed by atoms with Crippen molar-refractivity contribution in [1.29, 1.82) is 0 Å². The molecule has 1 amide bonds. The molecule has 1 aromatic carbocycles. The quantitative estimate of drug-likeness (QED) is 0.265. The van der Waals surface area contributed by atoms with Crippen LogP contribution in [0, 0.1) is 5.92 Å². The van der Waals surface area contributed by atoms with Crippen LogP contribution in [0.1, 0.15) is 55.5 Å². The largest absolute Gasteiger partial charge is 0.507 e. The number of phenols is 1. The van der Waals surface area contributed by atoms with Crippen LogP contribution in [0.2, 0.25) is 0 Å². The molecule has 32 heavy (non-hydrogen) atoms. The van der Waals surface area contributed by atoms with E-state index in [1.807, 2.05) is 32.1 Å². The van der Waals surface area contributed by atoms with Crippen molar-refractivity contribution in [3.63, 3.8) is 0 Å². The molecule has 0 radical (unpaired) electrons. The van der Waals surface area contributed by atoms with Crippen LogP contribution < -0.4 is 5.32 Å². The monoisotopic (exact) mass is 439 g/mol. The number of hydrogen-bond acceptors (Lipinski definition) is 5. The SMILES string of the molecule is CCC=C/C=C\C(=O)N/C=C/CC1C[C@@H](O)[C@@H](C)C/C=C/Cc2cccc(O)c2C(=O)O1. The first kappa shape index (κ1) is 25.1. The van der Waals surface area contributed by atoms with Crippen molar-refractivity contribution in [3.8, 4) is 5.75 Å². The Morgan fingerprint density at radius 1 is 1.25 bits per heavy atom. The third-order valence-electron chi connectivity index (χ3n) is 5.25. The van der Waals surface area contributed by atoms with Crippen LogP contribution in [-0.4, -0.2) is 34.3 Å². The molecule has 1 aromatic rings. The van der Waals surface area contributed by atoms with Gasteiger partial charge in [-0.05, 0) is 36.8 Å². The molecule has 0 aliphatic carbocycles. The predicted octanol–water partition coefficient (Wildman–Crippen LogP) is 4.35. The van der Waals surface area contributed by atoms with E-state index in [0.717, 1.165) is 6.42 Å². The Kier molecular flexibility index (Phi) is 10.5. The van der Waals surface area contributed by atoms with Crippen LogP contribution in [0.5, 0.6) is 5.75 Å². The predicted molar refractivity (Wildman–Crippen MR) is 125 cm³/mol. The number of ether oxygens (including phenoxy) is 1. The molecule has 1 heterocycles. The molecule has 0 saturated heterocycles. The van der Waals surface area contributed by atoms with Crippen LogP contribution in [0.15, 0.2) is 66.9 Å². The van der Waals surface area contributed by atoms with Crippen molar-refractivity contribution < 1.29 is 24.5 Å². The molecular formula is C26H33NO5. The Morgan fingerprint density at radius 3 is 2.84 bits per heavy atom. The fourth-order valence-corrected chi connectivity index (χ4v) is 3.34. The second-order valence-electron chi connectivity index (χ2n) is 7.87. The van der Waals surface area contributed by atoms with E-state index in [4.69, 9.17) is 4.74 Å². The summed E-state index contributed by atoms with van der Waals surface area (Å²) in [5.41, 5.74) is 0.832. The number of aromatic hydroxyl groups is 1. The zero-order valence-electron chi connectivity index (χ0n) is 18.7. The molecule has 3 atom stereocenters. The summed E-state index contributed by atoms with van der Waals surface area (Å²) in [6.45, 7) is 3.96. The van der Waals surface area contributed by atoms with E-state index in [1.165, 1.54) is 18.3 Å². The lowest BCUT2D eigenvalue weighted by Gasteiger charge is -2.24. The molecule has 0 saturated carbocycles. The highest BCUT2D eigenvalue weighted by molar-refractivity contribution is 5.94. The van der Waals surface area contributed by atoms with Gasteiger partial charge in [-0.15, -0.1) is 0 Å². The highest BCUT2D eigenvalue weighted by Crippen LogP contribution is 2.26. The number of aliphatic hydroxyl groups excluding tert-OH is 1. The summed E-state index contributed by atoms with van der Waals surface area (Å²) in [5, 5.41) is 23.4. The number of rotatable bonds is 6. The number of aliphatic hydroxyl groups is 1. The molecule has 3 N–H and O–H groups in total. The van der Waals surface area contributed by atoms with Gasteiger partial charge in [0.1, 0.15) is 17.4 Å². The number of amides is 1. The van der Waals surface area contributed by atoms with Crippen molar-refractivity contribution in [1.82, 2.24) is 5.32 Å². The smallest absolute Gasteiger partial charge is 0.342 e. The van der Waals surface area contributed by atoms with Gasteiger partial charge in [-0.25, -0.2) is 4.79 Å². The van der Waals surface area contributed by atoms with E-state index in [2.05, 4.69) is 5.32 Å². The van der Waals surface area contributed by atoms with E-state index < -0.39 is 18.2 Å². The zero-order valence-corrected chi connectivity index (χ0v) is 18.7. The molecule has 0 aromatic heterocycles. The molecule has 1 aliphatic heterocycles. The van der Waals surface area contributed by atoms with Crippen LogP contribution in [0.25, 0.3) is 0 Å². The van der Waals surface area contributed by atoms with E-state index in [0.29, 0.717) is 24.8 Å². The Morgan fingerprint density at radius 2 is 2.06 bits per heavy atom. The van der Waals surface area contributed by atoms with Crippen LogP contribution in [0.3, 0.4) is 0 Å². The number of carbonyl (C=O) groups is 2. The molecule has 6 nitrogen and oxygen atoms in total. The van der Waals surface area contributed by atoms with Gasteiger partial charge < -0.3 is 20.3 Å². The first-order chi connectivity index (χ1) is 15.4. The third kappa shape index (κ3) is 8.19. The van der Waals surface area contributed by atoms with Crippen molar-refractivity contribution in [3.05, 3.63) is 78.1 Å². The highest BCUT2D eigenvalue weighted by atomic mass is 16.5. The van der Waals surface area contributed by atoms with E-state index in [-0.39, 0.29) is 29.6 Å². The van der Waals surface area contributed by atoms with Gasteiger partial charge in [0.05, 0.1) is 6.10 Å². The summed E-state index contributed by atoms with van der Waals surface area (Å²) < 4.78 is 5.68. The third-order valence-corrected chi connectivity index (χ3v) is 5.25. The highest BCUT2D eigenvalue weighted by Gasteiger charge is 2.25. The van der Waals surface area contributed by atoms with Gasteiger partial charge in [0.2, 0.25) is 5.91 Å². The number of cyclic esters (lactones) is 1. The topological polar surface area (TPSA) is 95.9 Å². The van der Waals surface area contributed by atoms with Gasteiger partial charge in [-0.2, -0.15) is 0 Å². The summed E-state index contributed by atoms with van der Waals surface area (Å²) in [6, 6.07) is 4.95. The lowest BCUT2D eigenvalue weighted by molar-refractivity contribution is -0.115. The number of benzene rings is 1. The minimum Gasteiger partial charge on any atom is -0.507 e. The fourth-order valence-electron chi connectivity index (χ4n) is 3.34. The summed E-state index contributed by atoms with van der Waals surface area (Å²) in [7, 11) is 0. The first-order valence-corrected chi connectivity index (χ1v) is 11.1. The fraction of sp³-hybridized carbons (Fsp3) is 0.385. The maximum absolute atomic E-state index is 12.9. The van der Waals surface area contributed by atoms with Crippen LogP contribution >= 0.6 is 0 Å². The van der Waals surface area contributed by atoms with E-state index in [9.17, 15) is 19.8 Å². The Hall–Kier alpha value is -3.12. The van der Waals surface area contributed by atoms with E-state index in [1.54, 1.807) is 30.4 Å². The van der Waals surface area contributed by atoms with Crippen LogP contribution in [0.4, 0.5) is 0 Å². The normalized spacial score (nSPS) is 23.5. The number of esters is 1. The average molecular weight is 440 g/mol. The molecule has 0 bridgehead atoms. The Bertz CT molecular complexity index is 884. The van der Waals surface area contributed by atoms with Gasteiger partial charge in [0, 0.05) is 25.1 Å². The molecular weight excluding hydrogens is 406 g/mol. The maximum Gasteiger partial charge on any atom is 0.342 e. The number of hydrogen-bond donors (Lipinski definition) is 3. The number of carbonyl (C=O) groups excluding carboxylic acids is 2. The number of phenolic OH excluding ortho intramolecular Hbond substituents is 1. The van der Waals surface area contributed by atoms with Crippen molar-refractivity contribution in [2.24, 2.45) is 5.92 Å². The Labute approximate surface area is 190 Å². The molecule has 0 fully saturated rings. The number of allylic oxidation sites excluding steroid dienone is 5. The first-order valence-electron chi connectivity index (χ1n) is 11.1. The summed E-state index contributed by atoms with van der Waals surface area (Å²) >= 11 is 0. The van der Waals surface area contributed by atoms with Crippen LogP contribution in [-0.2, 0) is 16.0 Å². The summed E-state index contributed by atoms with van der Waals surface area (Å²) in [5.74, 6) is -1.02. The summed E-state index contributed by atoms with van der Waals surface area (Å²) in [4.78, 5) is 24.6. The summed E-state index contributed by atoms with van der Waals surface area (Å²) in [6.07, 6.45) is 15.3. The molecule has 2 rings (SSSR count). The lowest BCUT2D eigenvalue weighted by Crippen LogP contribution is -2.28. The molecule has 172 valence electrons. The van der Waals surface area contributed by atoms with E-state index >= 15 is 0 Å². The standard InChI is InChI=1S/C26H33NO5/c1-3-4-5-6-16-24(30)27-17-10-14-21-18-23(29)19(2)11-7-8-12-20-13-9-15-22(28)25(20)26(31)32-21/h4-10,13,15-17,19,21,23,28-29H,3,11-12,14,18H2,1-2H3,(H,27,30)/b5-4?,8-7+,16-6-,17-10+/t19-,21?,23+/m0/s1. The molecule has 6 heteroatoms. The van der Waals surface area contributed by atoms with Gasteiger partial charge in [0.25, 0.3) is 0 Å². The lowest BCUT2D eigenvalue weighted by atomic mass is 9.93. The number of fused-ring (bicyclic) bond motifs is 1. The maximum atomic E-state index is 12.9. The van der Waals surface area contributed by atoms with Gasteiger partial charge >= 0.3 is 5.97 Å². The molecule has 1 aliphatic rings. The van der Waals surface area contributed by atoms with Crippen molar-refractivity contribution in [2.45, 2.75) is 58.2 Å². The van der Waals surface area contributed by atoms with Crippen molar-refractivity contribution in [2.75, 3.05) is 0 Å². The minimum atomic E-state index is -0.656.